The molecule has 0 fully saturated rings. The Balaban J connectivity index is 2.07. The first-order valence-electron chi connectivity index (χ1n) is 4.95. The molecule has 2 rings (SSSR count). The van der Waals surface area contributed by atoms with Crippen molar-refractivity contribution in [2.24, 2.45) is 0 Å². The maximum Gasteiger partial charge on any atom is 0.212 e. The van der Waals surface area contributed by atoms with Gasteiger partial charge in [0.05, 0.1) is 16.9 Å². The number of nitrogens with zero attached hydrogens (tertiary/aromatic N) is 1. The minimum Gasteiger partial charge on any atom is -0.380 e. The molecule has 0 radical (unpaired) electrons. The molecule has 0 aliphatic heterocycles. The van der Waals surface area contributed by atoms with Gasteiger partial charge in [0.1, 0.15) is 5.82 Å². The van der Waals surface area contributed by atoms with Gasteiger partial charge in [-0.25, -0.2) is 9.37 Å². The fourth-order valence-electron chi connectivity index (χ4n) is 1.36. The summed E-state index contributed by atoms with van der Waals surface area (Å²) >= 11 is 5.65. The van der Waals surface area contributed by atoms with Crippen LogP contribution in [0.4, 0.5) is 14.5 Å². The first-order chi connectivity index (χ1) is 8.16. The molecule has 0 aliphatic carbocycles. The molecule has 5 heteroatoms. The Kier molecular flexibility index (Phi) is 3.54. The van der Waals surface area contributed by atoms with Gasteiger partial charge in [0, 0.05) is 12.1 Å². The van der Waals surface area contributed by atoms with Gasteiger partial charge in [-0.15, -0.1) is 0 Å². The van der Waals surface area contributed by atoms with Gasteiger partial charge in [-0.3, -0.25) is 0 Å². The van der Waals surface area contributed by atoms with E-state index in [9.17, 15) is 8.78 Å². The summed E-state index contributed by atoms with van der Waals surface area (Å²) in [7, 11) is 0. The van der Waals surface area contributed by atoms with Gasteiger partial charge < -0.3 is 5.32 Å². The van der Waals surface area contributed by atoms with Crippen LogP contribution >= 0.6 is 11.6 Å². The molecular formula is C12H9ClF2N2. The van der Waals surface area contributed by atoms with Gasteiger partial charge in [-0.2, -0.15) is 4.39 Å². The van der Waals surface area contributed by atoms with Crippen molar-refractivity contribution >= 4 is 17.3 Å². The van der Waals surface area contributed by atoms with E-state index in [1.165, 1.54) is 24.4 Å². The SMILES string of the molecule is Fc1ccc(NCc2cccc(Cl)c2F)cn1. The normalized spacial score (nSPS) is 10.3. The summed E-state index contributed by atoms with van der Waals surface area (Å²) in [4.78, 5) is 3.48. The van der Waals surface area contributed by atoms with E-state index in [1.807, 2.05) is 0 Å². The van der Waals surface area contributed by atoms with Crippen molar-refractivity contribution in [3.8, 4) is 0 Å². The Morgan fingerprint density at radius 3 is 2.71 bits per heavy atom. The van der Waals surface area contributed by atoms with E-state index in [0.29, 0.717) is 11.3 Å². The van der Waals surface area contributed by atoms with Crippen molar-refractivity contribution < 1.29 is 8.78 Å². The quantitative estimate of drug-likeness (QED) is 0.846. The highest BCUT2D eigenvalue weighted by atomic mass is 35.5. The van der Waals surface area contributed by atoms with Crippen LogP contribution < -0.4 is 5.32 Å². The van der Waals surface area contributed by atoms with Gasteiger partial charge >= 0.3 is 0 Å². The maximum atomic E-state index is 13.5. The van der Waals surface area contributed by atoms with Crippen LogP contribution in [-0.4, -0.2) is 4.98 Å². The highest BCUT2D eigenvalue weighted by molar-refractivity contribution is 6.30. The average molecular weight is 255 g/mol. The number of pyridine rings is 1. The first kappa shape index (κ1) is 11.8. The third-order valence-electron chi connectivity index (χ3n) is 2.24. The molecule has 0 amide bonds. The van der Waals surface area contributed by atoms with Crippen molar-refractivity contribution in [3.05, 3.63) is 58.9 Å². The summed E-state index contributed by atoms with van der Waals surface area (Å²) in [5, 5.41) is 3.01. The van der Waals surface area contributed by atoms with Crippen LogP contribution in [0.5, 0.6) is 0 Å². The Hall–Kier alpha value is -1.68. The number of nitrogens with one attached hydrogen (secondary N) is 1. The topological polar surface area (TPSA) is 24.9 Å². The van der Waals surface area contributed by atoms with E-state index in [4.69, 9.17) is 11.6 Å². The van der Waals surface area contributed by atoms with Crippen molar-refractivity contribution in [2.75, 3.05) is 5.32 Å². The molecule has 2 nitrogen and oxygen atoms in total. The van der Waals surface area contributed by atoms with E-state index in [1.54, 1.807) is 12.1 Å². The molecule has 0 spiro atoms. The van der Waals surface area contributed by atoms with Crippen LogP contribution in [-0.2, 0) is 6.54 Å². The Morgan fingerprint density at radius 1 is 1.18 bits per heavy atom. The van der Waals surface area contributed by atoms with Crippen molar-refractivity contribution in [3.63, 3.8) is 0 Å². The first-order valence-corrected chi connectivity index (χ1v) is 5.33. The van der Waals surface area contributed by atoms with Crippen molar-refractivity contribution in [1.82, 2.24) is 4.98 Å². The Bertz CT molecular complexity index is 514. The lowest BCUT2D eigenvalue weighted by Crippen LogP contribution is -2.02. The number of benzene rings is 1. The number of halogens is 3. The lowest BCUT2D eigenvalue weighted by atomic mass is 10.2. The number of hydrogen-bond acceptors (Lipinski definition) is 2. The highest BCUT2D eigenvalue weighted by Crippen LogP contribution is 2.18. The summed E-state index contributed by atoms with van der Waals surface area (Å²) in [5.74, 6) is -0.999. The molecule has 1 heterocycles. The molecule has 88 valence electrons. The second kappa shape index (κ2) is 5.10. The molecule has 1 aromatic carbocycles. The predicted molar refractivity (Wildman–Crippen MR) is 62.9 cm³/mol. The monoisotopic (exact) mass is 254 g/mol. The number of anilines is 1. The molecule has 0 unspecified atom stereocenters. The zero-order valence-corrected chi connectivity index (χ0v) is 9.51. The van der Waals surface area contributed by atoms with Crippen molar-refractivity contribution in [1.29, 1.82) is 0 Å². The van der Waals surface area contributed by atoms with E-state index in [0.717, 1.165) is 0 Å². The van der Waals surface area contributed by atoms with E-state index < -0.39 is 11.8 Å². The number of aromatic nitrogens is 1. The summed E-state index contributed by atoms with van der Waals surface area (Å²) in [5.41, 5.74) is 1.06. The average Bonchev–Trinajstić information content (AvgIpc) is 2.33. The smallest absolute Gasteiger partial charge is 0.212 e. The lowest BCUT2D eigenvalue weighted by molar-refractivity contribution is 0.584. The predicted octanol–water partition coefficient (Wildman–Crippen LogP) is 3.63. The maximum absolute atomic E-state index is 13.5. The minimum absolute atomic E-state index is 0.0848. The van der Waals surface area contributed by atoms with E-state index >= 15 is 0 Å². The van der Waals surface area contributed by atoms with E-state index in [-0.39, 0.29) is 11.6 Å². The van der Waals surface area contributed by atoms with Crippen LogP contribution in [0.3, 0.4) is 0 Å². The molecule has 0 atom stereocenters. The lowest BCUT2D eigenvalue weighted by Gasteiger charge is -2.07. The molecule has 1 aromatic heterocycles. The summed E-state index contributed by atoms with van der Waals surface area (Å²) in [6, 6.07) is 7.55. The van der Waals surface area contributed by atoms with Crippen molar-refractivity contribution in [2.45, 2.75) is 6.54 Å². The van der Waals surface area contributed by atoms with Crippen LogP contribution in [0.25, 0.3) is 0 Å². The van der Waals surface area contributed by atoms with Gasteiger partial charge in [0.2, 0.25) is 5.95 Å². The molecule has 0 bridgehead atoms. The standard InChI is InChI=1S/C12H9ClF2N2/c13-10-3-1-2-8(12(10)15)6-16-9-4-5-11(14)17-7-9/h1-5,7,16H,6H2. The summed E-state index contributed by atoms with van der Waals surface area (Å²) in [6.45, 7) is 0.264. The van der Waals surface area contributed by atoms with Crippen LogP contribution in [0.15, 0.2) is 36.5 Å². The fourth-order valence-corrected chi connectivity index (χ4v) is 1.56. The summed E-state index contributed by atoms with van der Waals surface area (Å²) in [6.07, 6.45) is 1.35. The number of hydrogen-bond donors (Lipinski definition) is 1. The van der Waals surface area contributed by atoms with Gasteiger partial charge in [-0.1, -0.05) is 23.7 Å². The molecular weight excluding hydrogens is 246 g/mol. The minimum atomic E-state index is -0.551. The summed E-state index contributed by atoms with van der Waals surface area (Å²) < 4.78 is 26.1. The van der Waals surface area contributed by atoms with Gasteiger partial charge in [-0.05, 0) is 18.2 Å². The highest BCUT2D eigenvalue weighted by Gasteiger charge is 2.05. The van der Waals surface area contributed by atoms with Crippen LogP contribution in [0, 0.1) is 11.8 Å². The molecule has 0 aliphatic rings. The molecule has 2 aromatic rings. The second-order valence-electron chi connectivity index (χ2n) is 3.44. The molecule has 0 saturated carbocycles. The number of rotatable bonds is 3. The van der Waals surface area contributed by atoms with E-state index in [2.05, 4.69) is 10.3 Å². The fraction of sp³-hybridized carbons (Fsp3) is 0.0833. The molecule has 1 N–H and O–H groups in total. The zero-order chi connectivity index (χ0) is 12.3. The van der Waals surface area contributed by atoms with Crippen LogP contribution in [0.1, 0.15) is 5.56 Å². The van der Waals surface area contributed by atoms with Gasteiger partial charge in [0.25, 0.3) is 0 Å². The Labute approximate surface area is 102 Å². The molecule has 17 heavy (non-hydrogen) atoms. The Morgan fingerprint density at radius 2 is 2.00 bits per heavy atom. The largest absolute Gasteiger partial charge is 0.380 e. The molecule has 0 saturated heterocycles. The third kappa shape index (κ3) is 2.91. The third-order valence-corrected chi connectivity index (χ3v) is 2.53. The second-order valence-corrected chi connectivity index (χ2v) is 3.84. The zero-order valence-electron chi connectivity index (χ0n) is 8.75. The van der Waals surface area contributed by atoms with Crippen LogP contribution in [0.2, 0.25) is 5.02 Å². The van der Waals surface area contributed by atoms with Gasteiger partial charge in [0.15, 0.2) is 0 Å².